The number of aromatic nitrogens is 3. The molecule has 2 aliphatic rings. The quantitative estimate of drug-likeness (QED) is 0.865. The Hall–Kier alpha value is -1.86. The van der Waals surface area contributed by atoms with E-state index in [1.165, 1.54) is 0 Å². The van der Waals surface area contributed by atoms with Crippen LogP contribution in [-0.2, 0) is 11.8 Å². The lowest BCUT2D eigenvalue weighted by atomic mass is 10.1. The number of morpholine rings is 1. The molecular weight excluding hydrogens is 282 g/mol. The summed E-state index contributed by atoms with van der Waals surface area (Å²) < 4.78 is 9.35. The highest BCUT2D eigenvalue weighted by Gasteiger charge is 2.37. The number of amides is 1. The maximum atomic E-state index is 12.6. The van der Waals surface area contributed by atoms with Crippen molar-refractivity contribution in [3.63, 3.8) is 0 Å². The van der Waals surface area contributed by atoms with Crippen LogP contribution < -0.4 is 5.32 Å². The van der Waals surface area contributed by atoms with Gasteiger partial charge in [0.15, 0.2) is 0 Å². The molecule has 0 aliphatic carbocycles. The molecule has 2 fully saturated rings. The molecule has 2 aliphatic heterocycles. The van der Waals surface area contributed by atoms with Gasteiger partial charge in [-0.25, -0.2) is 4.52 Å². The maximum Gasteiger partial charge on any atom is 0.256 e. The summed E-state index contributed by atoms with van der Waals surface area (Å²) in [6, 6.07) is 0.616. The molecule has 0 aromatic carbocycles. The third-order valence-corrected chi connectivity index (χ3v) is 4.71. The molecule has 4 rings (SSSR count). The highest BCUT2D eigenvalue weighted by atomic mass is 16.5. The third kappa shape index (κ3) is 2.21. The number of hydrogen-bond donors (Lipinski definition) is 1. The molecule has 1 N–H and O–H groups in total. The van der Waals surface area contributed by atoms with Gasteiger partial charge in [-0.1, -0.05) is 0 Å². The van der Waals surface area contributed by atoms with Crippen molar-refractivity contribution in [2.75, 3.05) is 19.7 Å². The zero-order valence-electron chi connectivity index (χ0n) is 12.9. The number of carbonyl (C=O) groups excluding carboxylic acids is 1. The minimum absolute atomic E-state index is 0.0457. The van der Waals surface area contributed by atoms with Gasteiger partial charge in [0.25, 0.3) is 5.91 Å². The number of nitrogens with zero attached hydrogens (tertiary/aromatic N) is 4. The Labute approximate surface area is 128 Å². The molecule has 0 radical (unpaired) electrons. The van der Waals surface area contributed by atoms with E-state index in [1.54, 1.807) is 10.7 Å². The molecule has 2 aromatic heterocycles. The smallest absolute Gasteiger partial charge is 0.256 e. The van der Waals surface area contributed by atoms with Crippen molar-refractivity contribution in [3.8, 4) is 0 Å². The molecule has 2 saturated heterocycles. The van der Waals surface area contributed by atoms with Gasteiger partial charge in [-0.2, -0.15) is 5.10 Å². The fraction of sp³-hybridized carbons (Fsp3) is 0.600. The highest BCUT2D eigenvalue weighted by molar-refractivity contribution is 6.00. The van der Waals surface area contributed by atoms with E-state index in [0.29, 0.717) is 11.6 Å². The third-order valence-electron chi connectivity index (χ3n) is 4.71. The number of hydrogen-bond acceptors (Lipinski definition) is 4. The Morgan fingerprint density at radius 1 is 1.41 bits per heavy atom. The lowest BCUT2D eigenvalue weighted by Gasteiger charge is -2.33. The minimum atomic E-state index is -0.0457. The van der Waals surface area contributed by atoms with Crippen molar-refractivity contribution in [1.82, 2.24) is 24.4 Å². The second kappa shape index (κ2) is 5.10. The van der Waals surface area contributed by atoms with Gasteiger partial charge in [-0.3, -0.25) is 9.69 Å². The van der Waals surface area contributed by atoms with Crippen molar-refractivity contribution < 1.29 is 9.53 Å². The van der Waals surface area contributed by atoms with Crippen LogP contribution >= 0.6 is 0 Å². The first-order valence-corrected chi connectivity index (χ1v) is 7.77. The molecule has 0 saturated carbocycles. The van der Waals surface area contributed by atoms with E-state index in [4.69, 9.17) is 4.74 Å². The van der Waals surface area contributed by atoms with Gasteiger partial charge in [0.1, 0.15) is 11.2 Å². The maximum absolute atomic E-state index is 12.6. The van der Waals surface area contributed by atoms with Gasteiger partial charge in [0, 0.05) is 44.6 Å². The Bertz CT molecular complexity index is 706. The van der Waals surface area contributed by atoms with Gasteiger partial charge >= 0.3 is 0 Å². The first kappa shape index (κ1) is 13.8. The number of ether oxygens (including phenoxy) is 1. The van der Waals surface area contributed by atoms with Crippen LogP contribution in [0.4, 0.5) is 0 Å². The van der Waals surface area contributed by atoms with E-state index in [9.17, 15) is 4.79 Å². The number of aryl methyl sites for hydroxylation is 1. The average Bonchev–Trinajstić information content (AvgIpc) is 3.14. The number of nitrogens with one attached hydrogen (secondary N) is 1. The summed E-state index contributed by atoms with van der Waals surface area (Å²) in [5, 5.41) is 7.38. The van der Waals surface area contributed by atoms with E-state index < -0.39 is 0 Å². The van der Waals surface area contributed by atoms with Crippen LogP contribution in [0.1, 0.15) is 23.7 Å². The molecular formula is C15H21N5O2. The molecule has 4 heterocycles. The first-order valence-electron chi connectivity index (χ1n) is 7.77. The lowest BCUT2D eigenvalue weighted by Crippen LogP contribution is -2.45. The van der Waals surface area contributed by atoms with Crippen molar-refractivity contribution in [2.24, 2.45) is 7.05 Å². The van der Waals surface area contributed by atoms with Gasteiger partial charge in [0.05, 0.1) is 18.9 Å². The second-order valence-corrected chi connectivity index (χ2v) is 6.39. The van der Waals surface area contributed by atoms with Crippen LogP contribution in [0.2, 0.25) is 0 Å². The van der Waals surface area contributed by atoms with Crippen molar-refractivity contribution in [2.45, 2.75) is 31.5 Å². The monoisotopic (exact) mass is 303 g/mol. The normalized spacial score (nSPS) is 28.9. The van der Waals surface area contributed by atoms with E-state index in [1.807, 2.05) is 24.0 Å². The van der Waals surface area contributed by atoms with Crippen LogP contribution in [0.15, 0.2) is 18.6 Å². The Kier molecular flexibility index (Phi) is 3.19. The van der Waals surface area contributed by atoms with Crippen LogP contribution in [0, 0.1) is 0 Å². The molecule has 118 valence electrons. The summed E-state index contributed by atoms with van der Waals surface area (Å²) in [5.41, 5.74) is 1.45. The molecule has 0 unspecified atom stereocenters. The standard InChI is InChI=1S/C15H21N5O2/c1-10-7-19-8-11(5-12(19)9-22-10)17-14(21)13-6-16-20-4-3-18(2)15(13)20/h3-4,6,10-12H,5,7-9H2,1-2H3,(H,17,21)/t10-,11-,12-/m0/s1. The van der Waals surface area contributed by atoms with Crippen LogP contribution in [-0.4, -0.2) is 62.9 Å². The second-order valence-electron chi connectivity index (χ2n) is 6.39. The summed E-state index contributed by atoms with van der Waals surface area (Å²) >= 11 is 0. The summed E-state index contributed by atoms with van der Waals surface area (Å²) in [5.74, 6) is -0.0457. The number of rotatable bonds is 2. The molecule has 7 heteroatoms. The SMILES string of the molecule is C[C@H]1CN2C[C@@H](NC(=O)c3cnn4ccn(C)c34)C[C@H]2CO1. The molecule has 2 aromatic rings. The predicted octanol–water partition coefficient (Wildman–Crippen LogP) is 0.264. The summed E-state index contributed by atoms with van der Waals surface area (Å²) in [4.78, 5) is 15.0. The van der Waals surface area contributed by atoms with E-state index in [0.717, 1.165) is 31.8 Å². The van der Waals surface area contributed by atoms with E-state index in [2.05, 4.69) is 22.2 Å². The predicted molar refractivity (Wildman–Crippen MR) is 80.8 cm³/mol. The van der Waals surface area contributed by atoms with Gasteiger partial charge < -0.3 is 14.6 Å². The first-order chi connectivity index (χ1) is 10.6. The zero-order valence-corrected chi connectivity index (χ0v) is 12.9. The molecule has 0 bridgehead atoms. The summed E-state index contributed by atoms with van der Waals surface area (Å²) in [7, 11) is 1.92. The number of imidazole rings is 1. The average molecular weight is 303 g/mol. The summed E-state index contributed by atoms with van der Waals surface area (Å²) in [6.45, 7) is 4.72. The minimum Gasteiger partial charge on any atom is -0.376 e. The molecule has 0 spiro atoms. The van der Waals surface area contributed by atoms with Crippen molar-refractivity contribution in [3.05, 3.63) is 24.2 Å². The number of carbonyl (C=O) groups is 1. The molecule has 7 nitrogen and oxygen atoms in total. The largest absolute Gasteiger partial charge is 0.376 e. The fourth-order valence-electron chi connectivity index (χ4n) is 3.62. The van der Waals surface area contributed by atoms with Gasteiger partial charge in [0.2, 0.25) is 0 Å². The number of fused-ring (bicyclic) bond motifs is 2. The summed E-state index contributed by atoms with van der Waals surface area (Å²) in [6.07, 6.45) is 6.62. The fourth-order valence-corrected chi connectivity index (χ4v) is 3.62. The van der Waals surface area contributed by atoms with Crippen molar-refractivity contribution in [1.29, 1.82) is 0 Å². The van der Waals surface area contributed by atoms with Gasteiger partial charge in [-0.05, 0) is 13.3 Å². The Morgan fingerprint density at radius 2 is 2.27 bits per heavy atom. The Balaban J connectivity index is 1.47. The highest BCUT2D eigenvalue weighted by Crippen LogP contribution is 2.23. The molecule has 3 atom stereocenters. The van der Waals surface area contributed by atoms with Crippen LogP contribution in [0.25, 0.3) is 5.65 Å². The molecule has 1 amide bonds. The van der Waals surface area contributed by atoms with E-state index in [-0.39, 0.29) is 18.1 Å². The molecule has 22 heavy (non-hydrogen) atoms. The topological polar surface area (TPSA) is 63.8 Å². The van der Waals surface area contributed by atoms with Gasteiger partial charge in [-0.15, -0.1) is 0 Å². The Morgan fingerprint density at radius 3 is 3.14 bits per heavy atom. The van der Waals surface area contributed by atoms with E-state index >= 15 is 0 Å². The van der Waals surface area contributed by atoms with Crippen molar-refractivity contribution >= 4 is 11.6 Å². The van der Waals surface area contributed by atoms with Crippen LogP contribution in [0.5, 0.6) is 0 Å². The van der Waals surface area contributed by atoms with Crippen LogP contribution in [0.3, 0.4) is 0 Å². The zero-order chi connectivity index (χ0) is 15.3. The lowest BCUT2D eigenvalue weighted by molar-refractivity contribution is -0.0390.